The van der Waals surface area contributed by atoms with E-state index in [1.54, 1.807) is 0 Å². The number of hydrogen-bond acceptors (Lipinski definition) is 2. The monoisotopic (exact) mass is 197 g/mol. The topological polar surface area (TPSA) is 26.3 Å². The molecule has 0 bridgehead atoms. The molecule has 2 heteroatoms. The van der Waals surface area contributed by atoms with Crippen molar-refractivity contribution in [2.45, 2.75) is 51.4 Å². The highest BCUT2D eigenvalue weighted by atomic mass is 16.5. The van der Waals surface area contributed by atoms with Crippen molar-refractivity contribution in [3.05, 3.63) is 6.92 Å². The SMILES string of the molecule is [CH2]CCCCC(=O)OCC1CCCC1. The molecule has 0 aromatic heterocycles. The average Bonchev–Trinajstić information content (AvgIpc) is 2.68. The fourth-order valence-electron chi connectivity index (χ4n) is 1.91. The summed E-state index contributed by atoms with van der Waals surface area (Å²) < 4.78 is 5.21. The van der Waals surface area contributed by atoms with E-state index in [2.05, 4.69) is 6.92 Å². The van der Waals surface area contributed by atoms with Crippen LogP contribution in [-0.4, -0.2) is 12.6 Å². The normalized spacial score (nSPS) is 17.2. The second-order valence-electron chi connectivity index (χ2n) is 4.14. The zero-order valence-corrected chi connectivity index (χ0v) is 8.96. The second-order valence-corrected chi connectivity index (χ2v) is 4.14. The van der Waals surface area contributed by atoms with Gasteiger partial charge in [0.1, 0.15) is 0 Å². The molecule has 0 spiro atoms. The van der Waals surface area contributed by atoms with Crippen molar-refractivity contribution in [3.8, 4) is 0 Å². The molecule has 1 radical (unpaired) electrons. The number of carbonyl (C=O) groups is 1. The van der Waals surface area contributed by atoms with Gasteiger partial charge < -0.3 is 4.74 Å². The largest absolute Gasteiger partial charge is 0.465 e. The van der Waals surface area contributed by atoms with Crippen LogP contribution in [0.2, 0.25) is 0 Å². The molecule has 0 saturated heterocycles. The van der Waals surface area contributed by atoms with Crippen molar-refractivity contribution >= 4 is 5.97 Å². The molecule has 14 heavy (non-hydrogen) atoms. The van der Waals surface area contributed by atoms with E-state index in [1.807, 2.05) is 0 Å². The van der Waals surface area contributed by atoms with E-state index in [0.717, 1.165) is 19.3 Å². The van der Waals surface area contributed by atoms with Gasteiger partial charge in [0.05, 0.1) is 6.61 Å². The lowest BCUT2D eigenvalue weighted by molar-refractivity contribution is -0.145. The zero-order valence-electron chi connectivity index (χ0n) is 8.96. The van der Waals surface area contributed by atoms with Crippen LogP contribution in [0.25, 0.3) is 0 Å². The standard InChI is InChI=1S/C12H21O2/c1-2-3-4-9-12(13)14-10-11-7-5-6-8-11/h11H,1-10H2. The maximum atomic E-state index is 11.2. The summed E-state index contributed by atoms with van der Waals surface area (Å²) in [6, 6.07) is 0. The van der Waals surface area contributed by atoms with Gasteiger partial charge in [-0.2, -0.15) is 0 Å². The van der Waals surface area contributed by atoms with Gasteiger partial charge in [-0.25, -0.2) is 0 Å². The van der Waals surface area contributed by atoms with E-state index < -0.39 is 0 Å². The van der Waals surface area contributed by atoms with Crippen LogP contribution in [0.1, 0.15) is 51.4 Å². The quantitative estimate of drug-likeness (QED) is 0.483. The smallest absolute Gasteiger partial charge is 0.305 e. The highest BCUT2D eigenvalue weighted by molar-refractivity contribution is 5.69. The number of esters is 1. The van der Waals surface area contributed by atoms with Crippen molar-refractivity contribution in [2.24, 2.45) is 5.92 Å². The Hall–Kier alpha value is -0.530. The summed E-state index contributed by atoms with van der Waals surface area (Å²) in [7, 11) is 0. The van der Waals surface area contributed by atoms with Crippen LogP contribution < -0.4 is 0 Å². The first-order valence-electron chi connectivity index (χ1n) is 5.78. The van der Waals surface area contributed by atoms with Crippen LogP contribution in [0.4, 0.5) is 0 Å². The highest BCUT2D eigenvalue weighted by Crippen LogP contribution is 2.24. The van der Waals surface area contributed by atoms with Gasteiger partial charge in [0.25, 0.3) is 0 Å². The van der Waals surface area contributed by atoms with Crippen molar-refractivity contribution < 1.29 is 9.53 Å². The van der Waals surface area contributed by atoms with Gasteiger partial charge in [0.2, 0.25) is 0 Å². The van der Waals surface area contributed by atoms with Gasteiger partial charge in [-0.15, -0.1) is 0 Å². The van der Waals surface area contributed by atoms with Gasteiger partial charge in [0, 0.05) is 6.42 Å². The molecule has 1 aliphatic rings. The van der Waals surface area contributed by atoms with E-state index in [0.29, 0.717) is 18.9 Å². The number of rotatable bonds is 6. The minimum atomic E-state index is -0.0228. The summed E-state index contributed by atoms with van der Waals surface area (Å²) in [4.78, 5) is 11.2. The summed E-state index contributed by atoms with van der Waals surface area (Å²) in [6.45, 7) is 4.40. The Balaban J connectivity index is 1.96. The van der Waals surface area contributed by atoms with Crippen LogP contribution in [0, 0.1) is 12.8 Å². The number of ether oxygens (including phenoxy) is 1. The molecule has 0 unspecified atom stereocenters. The van der Waals surface area contributed by atoms with Gasteiger partial charge >= 0.3 is 5.97 Å². The van der Waals surface area contributed by atoms with Crippen molar-refractivity contribution in [2.75, 3.05) is 6.61 Å². The van der Waals surface area contributed by atoms with E-state index >= 15 is 0 Å². The Morgan fingerprint density at radius 2 is 2.00 bits per heavy atom. The van der Waals surface area contributed by atoms with Crippen molar-refractivity contribution in [1.29, 1.82) is 0 Å². The molecule has 0 heterocycles. The average molecular weight is 197 g/mol. The Bertz CT molecular complexity index is 160. The molecule has 0 atom stereocenters. The molecule has 0 aliphatic heterocycles. The van der Waals surface area contributed by atoms with E-state index in [4.69, 9.17) is 4.74 Å². The lowest BCUT2D eigenvalue weighted by Crippen LogP contribution is -2.11. The Kier molecular flexibility index (Phi) is 5.65. The van der Waals surface area contributed by atoms with Crippen LogP contribution in [0.3, 0.4) is 0 Å². The van der Waals surface area contributed by atoms with Gasteiger partial charge in [-0.05, 0) is 25.2 Å². The number of unbranched alkanes of at least 4 members (excludes halogenated alkanes) is 2. The summed E-state index contributed by atoms with van der Waals surface area (Å²) in [5, 5.41) is 0. The molecule has 1 saturated carbocycles. The molecule has 1 fully saturated rings. The molecule has 2 nitrogen and oxygen atoms in total. The molecular weight excluding hydrogens is 176 g/mol. The van der Waals surface area contributed by atoms with E-state index in [-0.39, 0.29) is 5.97 Å². The first-order valence-corrected chi connectivity index (χ1v) is 5.78. The van der Waals surface area contributed by atoms with Crippen molar-refractivity contribution in [1.82, 2.24) is 0 Å². The summed E-state index contributed by atoms with van der Waals surface area (Å²) in [5.41, 5.74) is 0. The third kappa shape index (κ3) is 4.64. The maximum absolute atomic E-state index is 11.2. The first kappa shape index (κ1) is 11.5. The van der Waals surface area contributed by atoms with Gasteiger partial charge in [-0.3, -0.25) is 4.79 Å². The van der Waals surface area contributed by atoms with Gasteiger partial charge in [-0.1, -0.05) is 32.6 Å². The number of carbonyl (C=O) groups excluding carboxylic acids is 1. The molecule has 1 rings (SSSR count). The van der Waals surface area contributed by atoms with Crippen LogP contribution in [0.15, 0.2) is 0 Å². The summed E-state index contributed by atoms with van der Waals surface area (Å²) in [6.07, 6.45) is 8.54. The molecule has 81 valence electrons. The Morgan fingerprint density at radius 1 is 1.29 bits per heavy atom. The van der Waals surface area contributed by atoms with E-state index in [9.17, 15) is 4.79 Å². The number of hydrogen-bond donors (Lipinski definition) is 0. The predicted octanol–water partition coefficient (Wildman–Crippen LogP) is 3.11. The second kappa shape index (κ2) is 6.86. The fourth-order valence-corrected chi connectivity index (χ4v) is 1.91. The third-order valence-corrected chi connectivity index (χ3v) is 2.84. The summed E-state index contributed by atoms with van der Waals surface area (Å²) in [5.74, 6) is 0.622. The molecule has 0 aromatic rings. The minimum Gasteiger partial charge on any atom is -0.465 e. The van der Waals surface area contributed by atoms with Crippen LogP contribution in [0.5, 0.6) is 0 Å². The molecule has 1 aliphatic carbocycles. The van der Waals surface area contributed by atoms with Crippen molar-refractivity contribution in [3.63, 3.8) is 0 Å². The van der Waals surface area contributed by atoms with Crippen LogP contribution >= 0.6 is 0 Å². The Labute approximate surface area is 87.0 Å². The maximum Gasteiger partial charge on any atom is 0.305 e. The third-order valence-electron chi connectivity index (χ3n) is 2.84. The molecular formula is C12H21O2. The lowest BCUT2D eigenvalue weighted by Gasteiger charge is -2.09. The first-order chi connectivity index (χ1) is 6.83. The lowest BCUT2D eigenvalue weighted by atomic mass is 10.1. The fraction of sp³-hybridized carbons (Fsp3) is 0.833. The van der Waals surface area contributed by atoms with E-state index in [1.165, 1.54) is 25.7 Å². The molecule has 0 N–H and O–H groups in total. The predicted molar refractivity (Wildman–Crippen MR) is 56.7 cm³/mol. The van der Waals surface area contributed by atoms with Crippen LogP contribution in [-0.2, 0) is 9.53 Å². The Morgan fingerprint density at radius 3 is 2.64 bits per heavy atom. The molecule has 0 amide bonds. The molecule has 0 aromatic carbocycles. The minimum absolute atomic E-state index is 0.0228. The zero-order chi connectivity index (χ0) is 10.2. The highest BCUT2D eigenvalue weighted by Gasteiger charge is 2.16. The summed E-state index contributed by atoms with van der Waals surface area (Å²) >= 11 is 0. The van der Waals surface area contributed by atoms with Gasteiger partial charge in [0.15, 0.2) is 0 Å².